The fourth-order valence-corrected chi connectivity index (χ4v) is 4.10. The molecule has 0 bridgehead atoms. The number of aryl methyl sites for hydroxylation is 1. The van der Waals surface area contributed by atoms with E-state index in [2.05, 4.69) is 29.2 Å². The van der Waals surface area contributed by atoms with E-state index in [1.54, 1.807) is 23.5 Å². The van der Waals surface area contributed by atoms with Crippen molar-refractivity contribution in [2.24, 2.45) is 0 Å². The Bertz CT molecular complexity index is 1050. The average molecular weight is 387 g/mol. The Kier molecular flexibility index (Phi) is 4.87. The Morgan fingerprint density at radius 2 is 1.39 bits per heavy atom. The van der Waals surface area contributed by atoms with Gasteiger partial charge < -0.3 is 4.90 Å². The van der Waals surface area contributed by atoms with Crippen molar-refractivity contribution in [1.82, 2.24) is 4.98 Å². The Morgan fingerprint density at radius 1 is 0.857 bits per heavy atom. The van der Waals surface area contributed by atoms with Gasteiger partial charge in [-0.15, -0.1) is 0 Å². The van der Waals surface area contributed by atoms with Gasteiger partial charge in [0.2, 0.25) is 0 Å². The topological polar surface area (TPSA) is 59.3 Å². The molecular weight excluding hydrogens is 370 g/mol. The molecule has 6 heteroatoms. The summed E-state index contributed by atoms with van der Waals surface area (Å²) in [5.41, 5.74) is 3.95. The third kappa shape index (κ3) is 3.50. The maximum Gasteiger partial charge on any atom is 0.269 e. The highest BCUT2D eigenvalue weighted by Crippen LogP contribution is 2.42. The molecule has 1 heterocycles. The number of nitrogens with zero attached hydrogens (tertiary/aromatic N) is 3. The lowest BCUT2D eigenvalue weighted by Gasteiger charge is -2.23. The SMILES string of the molecule is Cc1nc(-c2ccc([N+](=O)[O-])cc2)sc1N(c1ccccc1)c1ccccc1. The van der Waals surface area contributed by atoms with E-state index in [4.69, 9.17) is 4.98 Å². The maximum atomic E-state index is 10.9. The predicted molar refractivity (Wildman–Crippen MR) is 114 cm³/mol. The molecule has 0 aliphatic carbocycles. The van der Waals surface area contributed by atoms with Crippen molar-refractivity contribution >= 4 is 33.4 Å². The van der Waals surface area contributed by atoms with Gasteiger partial charge in [-0.2, -0.15) is 0 Å². The zero-order valence-electron chi connectivity index (χ0n) is 15.1. The summed E-state index contributed by atoms with van der Waals surface area (Å²) in [6.07, 6.45) is 0. The van der Waals surface area contributed by atoms with E-state index in [1.165, 1.54) is 12.1 Å². The van der Waals surface area contributed by atoms with E-state index in [9.17, 15) is 10.1 Å². The minimum atomic E-state index is -0.394. The number of rotatable bonds is 5. The molecule has 0 unspecified atom stereocenters. The van der Waals surface area contributed by atoms with Gasteiger partial charge in [0.05, 0.1) is 10.6 Å². The predicted octanol–water partition coefficient (Wildman–Crippen LogP) is 6.50. The van der Waals surface area contributed by atoms with Crippen molar-refractivity contribution in [2.45, 2.75) is 6.92 Å². The Hall–Kier alpha value is -3.51. The lowest BCUT2D eigenvalue weighted by Crippen LogP contribution is -2.09. The van der Waals surface area contributed by atoms with Crippen molar-refractivity contribution in [3.63, 3.8) is 0 Å². The van der Waals surface area contributed by atoms with Crippen molar-refractivity contribution in [1.29, 1.82) is 0 Å². The monoisotopic (exact) mass is 387 g/mol. The molecule has 0 radical (unpaired) electrons. The minimum Gasteiger partial charge on any atom is -0.300 e. The first-order chi connectivity index (χ1) is 13.6. The number of aromatic nitrogens is 1. The van der Waals surface area contributed by atoms with Gasteiger partial charge in [-0.3, -0.25) is 10.1 Å². The smallest absolute Gasteiger partial charge is 0.269 e. The van der Waals surface area contributed by atoms with E-state index in [1.807, 2.05) is 43.3 Å². The number of hydrogen-bond donors (Lipinski definition) is 0. The number of benzene rings is 3. The number of non-ortho nitro benzene ring substituents is 1. The van der Waals surface area contributed by atoms with Gasteiger partial charge in [-0.05, 0) is 43.3 Å². The maximum absolute atomic E-state index is 10.9. The minimum absolute atomic E-state index is 0.0763. The van der Waals surface area contributed by atoms with Gasteiger partial charge >= 0.3 is 0 Å². The van der Waals surface area contributed by atoms with Crippen LogP contribution in [0.1, 0.15) is 5.69 Å². The highest BCUT2D eigenvalue weighted by Gasteiger charge is 2.19. The van der Waals surface area contributed by atoms with Crippen LogP contribution in [0.3, 0.4) is 0 Å². The summed E-state index contributed by atoms with van der Waals surface area (Å²) in [4.78, 5) is 17.4. The van der Waals surface area contributed by atoms with Gasteiger partial charge in [0.1, 0.15) is 10.0 Å². The van der Waals surface area contributed by atoms with Gasteiger partial charge in [0.25, 0.3) is 5.69 Å². The van der Waals surface area contributed by atoms with Crippen molar-refractivity contribution in [3.8, 4) is 10.6 Å². The molecule has 0 saturated heterocycles. The Labute approximate surface area is 166 Å². The van der Waals surface area contributed by atoms with Crippen LogP contribution in [0.2, 0.25) is 0 Å². The lowest BCUT2D eigenvalue weighted by molar-refractivity contribution is -0.384. The zero-order valence-corrected chi connectivity index (χ0v) is 16.0. The molecule has 5 nitrogen and oxygen atoms in total. The number of anilines is 3. The number of para-hydroxylation sites is 2. The van der Waals surface area contributed by atoms with Crippen LogP contribution < -0.4 is 4.90 Å². The van der Waals surface area contributed by atoms with Crippen molar-refractivity contribution in [2.75, 3.05) is 4.90 Å². The van der Waals surface area contributed by atoms with Crippen LogP contribution in [0.5, 0.6) is 0 Å². The number of hydrogen-bond acceptors (Lipinski definition) is 5. The summed E-state index contributed by atoms with van der Waals surface area (Å²) in [7, 11) is 0. The fraction of sp³-hybridized carbons (Fsp3) is 0.0455. The summed E-state index contributed by atoms with van der Waals surface area (Å²) in [6.45, 7) is 1.99. The average Bonchev–Trinajstić information content (AvgIpc) is 3.11. The third-order valence-electron chi connectivity index (χ3n) is 4.33. The molecule has 138 valence electrons. The molecule has 1 aromatic heterocycles. The summed E-state index contributed by atoms with van der Waals surface area (Å²) in [6, 6.07) is 26.8. The van der Waals surface area contributed by atoms with Gasteiger partial charge in [-0.1, -0.05) is 47.7 Å². The summed E-state index contributed by atoms with van der Waals surface area (Å²) >= 11 is 1.57. The van der Waals surface area contributed by atoms with Crippen LogP contribution >= 0.6 is 11.3 Å². The van der Waals surface area contributed by atoms with E-state index in [0.717, 1.165) is 32.6 Å². The van der Waals surface area contributed by atoms with Crippen molar-refractivity contribution < 1.29 is 4.92 Å². The molecule has 3 aromatic carbocycles. The first kappa shape index (κ1) is 17.9. The molecule has 0 aliphatic heterocycles. The quantitative estimate of drug-likeness (QED) is 0.290. The van der Waals surface area contributed by atoms with Crippen LogP contribution in [-0.2, 0) is 0 Å². The summed E-state index contributed by atoms with van der Waals surface area (Å²) < 4.78 is 0. The third-order valence-corrected chi connectivity index (χ3v) is 5.52. The summed E-state index contributed by atoms with van der Waals surface area (Å²) in [5, 5.41) is 12.7. The molecule has 4 aromatic rings. The molecule has 0 aliphatic rings. The van der Waals surface area contributed by atoms with Crippen LogP contribution in [0.15, 0.2) is 84.9 Å². The molecule has 0 atom stereocenters. The number of nitro benzene ring substituents is 1. The van der Waals surface area contributed by atoms with Crippen LogP contribution in [0.25, 0.3) is 10.6 Å². The van der Waals surface area contributed by atoms with Crippen molar-refractivity contribution in [3.05, 3.63) is 101 Å². The Balaban J connectivity index is 1.79. The number of thiazole rings is 1. The fourth-order valence-electron chi connectivity index (χ4n) is 2.98. The van der Waals surface area contributed by atoms with E-state index in [-0.39, 0.29) is 5.69 Å². The first-order valence-corrected chi connectivity index (χ1v) is 9.57. The second-order valence-corrected chi connectivity index (χ2v) is 7.20. The van der Waals surface area contributed by atoms with Crippen LogP contribution in [0, 0.1) is 17.0 Å². The molecular formula is C22H17N3O2S. The summed E-state index contributed by atoms with van der Waals surface area (Å²) in [5.74, 6) is 0. The molecule has 0 fully saturated rings. The van der Waals surface area contributed by atoms with Crippen LogP contribution in [0.4, 0.5) is 22.1 Å². The molecule has 28 heavy (non-hydrogen) atoms. The molecule has 0 amide bonds. The highest BCUT2D eigenvalue weighted by atomic mass is 32.1. The van der Waals surface area contributed by atoms with E-state index in [0.29, 0.717) is 0 Å². The largest absolute Gasteiger partial charge is 0.300 e. The van der Waals surface area contributed by atoms with E-state index >= 15 is 0 Å². The second kappa shape index (κ2) is 7.62. The molecule has 4 rings (SSSR count). The van der Waals surface area contributed by atoms with Gasteiger partial charge in [0, 0.05) is 29.1 Å². The highest BCUT2D eigenvalue weighted by molar-refractivity contribution is 7.19. The number of nitro groups is 1. The lowest BCUT2D eigenvalue weighted by atomic mass is 10.2. The van der Waals surface area contributed by atoms with Crippen LogP contribution in [-0.4, -0.2) is 9.91 Å². The Morgan fingerprint density at radius 3 is 1.89 bits per heavy atom. The zero-order chi connectivity index (χ0) is 19.5. The standard InChI is InChI=1S/C22H17N3O2S/c1-16-22(28-21(23-16)17-12-14-20(15-13-17)25(26)27)24(18-8-4-2-5-9-18)19-10-6-3-7-11-19/h2-15H,1H3. The molecule has 0 N–H and O–H groups in total. The second-order valence-electron chi connectivity index (χ2n) is 6.22. The van der Waals surface area contributed by atoms with Gasteiger partial charge in [0.15, 0.2) is 0 Å². The molecule has 0 saturated carbocycles. The normalized spacial score (nSPS) is 10.6. The first-order valence-electron chi connectivity index (χ1n) is 8.76. The molecule has 0 spiro atoms. The van der Waals surface area contributed by atoms with E-state index < -0.39 is 4.92 Å². The van der Waals surface area contributed by atoms with Gasteiger partial charge in [-0.25, -0.2) is 4.98 Å².